The molecule has 0 aliphatic carbocycles. The maximum Gasteiger partial charge on any atom is 0.418 e. The first-order valence-corrected chi connectivity index (χ1v) is 32.5. The molecule has 8 N–H and O–H groups in total. The van der Waals surface area contributed by atoms with E-state index in [9.17, 15) is 48.3 Å². The number of rotatable bonds is 28. The number of nitrogens with two attached hydrogens (primary N) is 1. The minimum absolute atomic E-state index is 0.0414. The van der Waals surface area contributed by atoms with Crippen molar-refractivity contribution in [1.82, 2.24) is 26.2 Å². The zero-order valence-corrected chi connectivity index (χ0v) is 57.0. The normalized spacial score (nSPS) is 24.4. The lowest BCUT2D eigenvalue weighted by molar-refractivity contribution is -0.158. The number of hydrogen-bond acceptors (Lipinski definition) is 18. The highest BCUT2D eigenvalue weighted by molar-refractivity contribution is 9.09. The van der Waals surface area contributed by atoms with Gasteiger partial charge in [-0.25, -0.2) is 14.4 Å². The van der Waals surface area contributed by atoms with Gasteiger partial charge < -0.3 is 74.6 Å². The number of methoxy groups -OCH3 is 2. The van der Waals surface area contributed by atoms with Gasteiger partial charge in [0.1, 0.15) is 53.3 Å². The van der Waals surface area contributed by atoms with Crippen LogP contribution in [0.4, 0.5) is 34.1 Å². The van der Waals surface area contributed by atoms with E-state index in [1.54, 1.807) is 58.1 Å². The van der Waals surface area contributed by atoms with Gasteiger partial charge in [0.15, 0.2) is 5.72 Å². The molecule has 24 nitrogen and oxygen atoms in total. The molecule has 3 aliphatic rings. The third-order valence-electron chi connectivity index (χ3n) is 16.9. The third kappa shape index (κ3) is 19.7. The number of primary amides is 1. The van der Waals surface area contributed by atoms with Crippen LogP contribution in [0.25, 0.3) is 0 Å². The van der Waals surface area contributed by atoms with E-state index < -0.39 is 142 Å². The van der Waals surface area contributed by atoms with Gasteiger partial charge in [0.2, 0.25) is 11.8 Å². The number of allylic oxidation sites excluding steroid dienone is 3. The number of aliphatic hydroxyl groups is 1. The predicted octanol–water partition coefficient (Wildman–Crippen LogP) is 7.06. The number of carbonyl (C=O) groups is 9. The van der Waals surface area contributed by atoms with Gasteiger partial charge in [0.05, 0.1) is 66.7 Å². The fraction of sp³-hybridized carbons (Fsp3) is 0.597. The van der Waals surface area contributed by atoms with Gasteiger partial charge in [-0.2, -0.15) is 13.2 Å². The van der Waals surface area contributed by atoms with Gasteiger partial charge in [-0.1, -0.05) is 88.0 Å². The molecule has 2 aromatic carbocycles. The highest BCUT2D eigenvalue weighted by atomic mass is 79.9. The Balaban J connectivity index is 1.40. The number of aldehydes is 2. The number of nitrogens with one attached hydrogen (secondary N) is 5. The van der Waals surface area contributed by atoms with E-state index >= 15 is 13.2 Å². The molecule has 0 radical (unpaired) electrons. The number of esters is 2. The molecule has 92 heavy (non-hydrogen) atoms. The minimum Gasteiger partial charge on any atom is -0.495 e. The summed E-state index contributed by atoms with van der Waals surface area (Å²) >= 11 is 13.4. The zero-order chi connectivity index (χ0) is 68.6. The number of anilines is 2. The zero-order valence-electron chi connectivity index (χ0n) is 53.0. The van der Waals surface area contributed by atoms with Crippen molar-refractivity contribution in [2.45, 2.75) is 158 Å². The van der Waals surface area contributed by atoms with Crippen LogP contribution in [0.5, 0.6) is 5.75 Å². The SMILES string of the molecule is COc1cc2cc(c1Cl)N(C)C(=O)C[C@H](OC(=O)[C@H](C)N(C)C(=O)c1ccc(NC(=O)[C@H](CCCNC(N)=O)NC[C@](C=O)(NC(C=O)CCCCOC(=O)C(CBr)CBr)C(C)C)c(C(F)(F)F)c1)[C@]1(C)O[C@H]1[C@H](C)[C@@H]1C[C@@](O)(NC(=O)O1)[C@H](OC)/C=C/C=C(\C)C2. The topological polar surface area (TPSA) is 325 Å². The number of unbranched alkanes of at least 4 members (excludes halogenated alkanes) is 1. The molecular weight excluding hydrogens is 1360 g/mol. The maximum atomic E-state index is 15.1. The number of alkyl carbamates (subject to hydrolysis) is 1. The summed E-state index contributed by atoms with van der Waals surface area (Å²) in [6.45, 7) is 9.46. The number of hydrogen-bond donors (Lipinski definition) is 7. The van der Waals surface area contributed by atoms with Crippen LogP contribution in [0, 0.1) is 17.8 Å². The van der Waals surface area contributed by atoms with Crippen molar-refractivity contribution in [2.24, 2.45) is 23.5 Å². The van der Waals surface area contributed by atoms with Gasteiger partial charge in [-0.15, -0.1) is 0 Å². The first kappa shape index (κ1) is 76.5. The summed E-state index contributed by atoms with van der Waals surface area (Å²) in [5.74, 6) is -5.63. The Morgan fingerprint density at radius 2 is 1.73 bits per heavy atom. The summed E-state index contributed by atoms with van der Waals surface area (Å²) in [4.78, 5) is 122. The molecule has 11 atom stereocenters. The van der Waals surface area contributed by atoms with Gasteiger partial charge in [-0.05, 0) is 101 Å². The number of fused-ring (bicyclic) bond motifs is 5. The number of amides is 6. The molecule has 3 aliphatic heterocycles. The number of epoxide rings is 1. The number of alkyl halides is 5. The van der Waals surface area contributed by atoms with Crippen LogP contribution in [-0.2, 0) is 65.0 Å². The summed E-state index contributed by atoms with van der Waals surface area (Å²) in [5, 5.41) is 26.0. The second-order valence-electron chi connectivity index (χ2n) is 23.8. The van der Waals surface area contributed by atoms with E-state index in [0.29, 0.717) is 54.1 Å². The molecule has 30 heteroatoms. The van der Waals surface area contributed by atoms with Gasteiger partial charge >= 0.3 is 30.2 Å². The molecule has 6 amide bonds. The second kappa shape index (κ2) is 33.8. The summed E-state index contributed by atoms with van der Waals surface area (Å²) < 4.78 is 80.1. The van der Waals surface area contributed by atoms with Gasteiger partial charge in [0, 0.05) is 62.9 Å². The van der Waals surface area contributed by atoms with Crippen molar-refractivity contribution in [3.8, 4) is 5.75 Å². The molecule has 2 saturated heterocycles. The Morgan fingerprint density at radius 1 is 1.03 bits per heavy atom. The quantitative estimate of drug-likeness (QED) is 0.0112. The largest absolute Gasteiger partial charge is 0.495 e. The molecule has 0 aromatic heterocycles. The lowest BCUT2D eigenvalue weighted by Gasteiger charge is -2.42. The smallest absolute Gasteiger partial charge is 0.418 e. The fourth-order valence-electron chi connectivity index (χ4n) is 10.8. The van der Waals surface area contributed by atoms with E-state index in [1.807, 2.05) is 6.92 Å². The highest BCUT2D eigenvalue weighted by Crippen LogP contribution is 2.49. The van der Waals surface area contributed by atoms with Crippen molar-refractivity contribution in [3.63, 3.8) is 0 Å². The van der Waals surface area contributed by atoms with Crippen LogP contribution in [0.3, 0.4) is 0 Å². The summed E-state index contributed by atoms with van der Waals surface area (Å²) in [6, 6.07) is 1.11. The Labute approximate surface area is 554 Å². The van der Waals surface area contributed by atoms with E-state index in [4.69, 9.17) is 45.8 Å². The third-order valence-corrected chi connectivity index (χ3v) is 18.9. The second-order valence-corrected chi connectivity index (χ2v) is 25.5. The van der Waals surface area contributed by atoms with E-state index in [-0.39, 0.29) is 67.8 Å². The molecular formula is C62H84Br2ClF3N8O16. The Bertz CT molecular complexity index is 3050. The Morgan fingerprint density at radius 3 is 2.34 bits per heavy atom. The molecule has 1 unspecified atom stereocenters. The van der Waals surface area contributed by atoms with Crippen molar-refractivity contribution in [3.05, 3.63) is 75.8 Å². The van der Waals surface area contributed by atoms with Crippen LogP contribution in [0.2, 0.25) is 5.02 Å². The van der Waals surface area contributed by atoms with Crippen LogP contribution in [-0.4, -0.2) is 182 Å². The number of benzene rings is 2. The molecule has 5 rings (SSSR count). The average Bonchev–Trinajstić information content (AvgIpc) is 1.57. The Kier molecular flexibility index (Phi) is 28.1. The molecule has 2 aromatic rings. The number of nitrogens with zero attached hydrogens (tertiary/aromatic N) is 2. The van der Waals surface area contributed by atoms with E-state index in [0.717, 1.165) is 29.7 Å². The molecule has 0 spiro atoms. The molecule has 2 fully saturated rings. The van der Waals surface area contributed by atoms with Crippen molar-refractivity contribution < 1.29 is 89.8 Å². The lowest BCUT2D eigenvalue weighted by Crippen LogP contribution is -2.63. The summed E-state index contributed by atoms with van der Waals surface area (Å²) in [5.41, 5.74) is -0.788. The maximum absolute atomic E-state index is 15.1. The minimum atomic E-state index is -5.20. The summed E-state index contributed by atoms with van der Waals surface area (Å²) in [7, 11) is 5.37. The van der Waals surface area contributed by atoms with Crippen molar-refractivity contribution >= 4 is 109 Å². The first-order valence-electron chi connectivity index (χ1n) is 29.9. The highest BCUT2D eigenvalue weighted by Gasteiger charge is 2.64. The molecule has 3 heterocycles. The number of halogens is 6. The van der Waals surface area contributed by atoms with Crippen LogP contribution < -0.4 is 42.0 Å². The monoisotopic (exact) mass is 1450 g/mol. The van der Waals surface area contributed by atoms with E-state index in [2.05, 4.69) is 58.4 Å². The average molecular weight is 1450 g/mol. The van der Waals surface area contributed by atoms with Gasteiger partial charge in [0.25, 0.3) is 5.91 Å². The summed E-state index contributed by atoms with van der Waals surface area (Å²) in [6.07, 6.45) is -3.81. The first-order chi connectivity index (χ1) is 43.3. The number of urea groups is 1. The van der Waals surface area contributed by atoms with E-state index in [1.165, 1.54) is 33.1 Å². The number of carbonyl (C=O) groups excluding carboxylic acids is 9. The molecule has 4 bridgehead atoms. The number of ether oxygens (including phenoxy) is 6. The van der Waals surface area contributed by atoms with Crippen LogP contribution in [0.15, 0.2) is 54.1 Å². The molecule has 0 saturated carbocycles. The van der Waals surface area contributed by atoms with Crippen molar-refractivity contribution in [2.75, 3.05) is 68.9 Å². The van der Waals surface area contributed by atoms with Crippen molar-refractivity contribution in [1.29, 1.82) is 0 Å². The lowest BCUT2D eigenvalue weighted by atomic mass is 9.83. The van der Waals surface area contributed by atoms with Crippen LogP contribution >= 0.6 is 43.5 Å². The molecule has 510 valence electrons. The van der Waals surface area contributed by atoms with Crippen LogP contribution in [0.1, 0.15) is 108 Å². The Hall–Kier alpha value is -6.21. The predicted molar refractivity (Wildman–Crippen MR) is 341 cm³/mol. The van der Waals surface area contributed by atoms with Gasteiger partial charge in [-0.3, -0.25) is 29.8 Å². The fourth-order valence-corrected chi connectivity index (χ4v) is 12.7. The standard InChI is InChI=1S/C62H84Br2ClF3N8O16/c1-34(2)60(33-78,73-41(31-77)16-11-12-22-89-56(83)40(29-63)30-64)32-71-44(17-14-21-70-57(69)84)53(80)72-43-20-19-39(26-42(43)62(66,67)68)54(81)75(7)37(5)55(82)91-49-27-50(79)76(8)45-24-38(25-46(87-9)51(45)65)23-35(3)15-13-18-48(88-10)61(86)28-47(90-58(85)74-61)36(4)52-59(49,6)92-52/h13,15,18-20,24-26,31,33-34,36-37,40-41,44,47-49,52,71,73,86H,11-12,14,16-17,21-23,27-30,32H2,1-10H3,(H,72,80)(H,74,85)(H3,69,70,84)/b18-13+,35-15+/t36-,37+,41?,44+,47+,48-,49+,52+,59+,60-,61+/m1/s1. The number of likely N-dealkylation sites (N-methyl/N-ethyl adjacent to an activating group) is 1.